The number of aliphatic hydroxyl groups is 1. The summed E-state index contributed by atoms with van der Waals surface area (Å²) in [6.45, 7) is 3.87. The van der Waals surface area contributed by atoms with E-state index < -0.39 is 6.10 Å². The number of allylic oxidation sites excluding steroid dienone is 30. The highest BCUT2D eigenvalue weighted by Gasteiger charge is 2.16. The molecule has 0 aliphatic carbocycles. The van der Waals surface area contributed by atoms with Crippen LogP contribution in [0.15, 0.2) is 182 Å². The number of rotatable bonds is 51. The molecule has 0 saturated heterocycles. The average Bonchev–Trinajstić information content (AvgIpc) is 3.40. The van der Waals surface area contributed by atoms with Crippen LogP contribution in [0.2, 0.25) is 0 Å². The van der Waals surface area contributed by atoms with Gasteiger partial charge in [-0.05, 0) is 135 Å². The van der Waals surface area contributed by atoms with E-state index in [0.717, 1.165) is 141 Å². The molecule has 74 heavy (non-hydrogen) atoms. The molecule has 412 valence electrons. The molecule has 0 aliphatic heterocycles. The van der Waals surface area contributed by atoms with Crippen LogP contribution in [0.25, 0.3) is 0 Å². The van der Waals surface area contributed by atoms with Crippen molar-refractivity contribution in [3.8, 4) is 0 Å². The molecular formula is C69H106O5. The van der Waals surface area contributed by atoms with Crippen molar-refractivity contribution in [2.75, 3.05) is 13.2 Å². The van der Waals surface area contributed by atoms with Crippen molar-refractivity contribution < 1.29 is 24.2 Å². The number of hydrogen-bond acceptors (Lipinski definition) is 5. The maximum absolute atomic E-state index is 12.3. The second kappa shape index (κ2) is 62.3. The maximum atomic E-state index is 12.3. The van der Waals surface area contributed by atoms with Gasteiger partial charge >= 0.3 is 11.9 Å². The van der Waals surface area contributed by atoms with Crippen molar-refractivity contribution in [2.24, 2.45) is 0 Å². The molecule has 0 saturated carbocycles. The maximum Gasteiger partial charge on any atom is 0.306 e. The Morgan fingerprint density at radius 1 is 0.311 bits per heavy atom. The second-order valence-electron chi connectivity index (χ2n) is 18.6. The van der Waals surface area contributed by atoms with Crippen molar-refractivity contribution >= 4 is 11.9 Å². The number of unbranched alkanes of at least 4 members (excludes halogenated alkanes) is 13. The van der Waals surface area contributed by atoms with E-state index in [4.69, 9.17) is 9.47 Å². The summed E-state index contributed by atoms with van der Waals surface area (Å²) in [6, 6.07) is 0. The van der Waals surface area contributed by atoms with Gasteiger partial charge in [-0.3, -0.25) is 9.59 Å². The fourth-order valence-corrected chi connectivity index (χ4v) is 7.37. The summed E-state index contributed by atoms with van der Waals surface area (Å²) in [7, 11) is 0. The summed E-state index contributed by atoms with van der Waals surface area (Å²) in [5.74, 6) is -0.648. The van der Waals surface area contributed by atoms with Gasteiger partial charge in [-0.15, -0.1) is 0 Å². The van der Waals surface area contributed by atoms with E-state index in [1.54, 1.807) is 0 Å². The lowest BCUT2D eigenvalue weighted by molar-refractivity contribution is -0.161. The third-order valence-electron chi connectivity index (χ3n) is 11.7. The number of hydrogen-bond donors (Lipinski definition) is 1. The molecule has 0 aromatic carbocycles. The molecule has 0 radical (unpaired) electrons. The predicted octanol–water partition coefficient (Wildman–Crippen LogP) is 20.3. The Morgan fingerprint density at radius 3 is 0.824 bits per heavy atom. The van der Waals surface area contributed by atoms with Gasteiger partial charge in [-0.1, -0.05) is 254 Å². The Hall–Kier alpha value is -5.00. The quantitative estimate of drug-likeness (QED) is 0.0373. The summed E-state index contributed by atoms with van der Waals surface area (Å²) in [4.78, 5) is 24.5. The van der Waals surface area contributed by atoms with Crippen molar-refractivity contribution in [1.82, 2.24) is 0 Å². The van der Waals surface area contributed by atoms with E-state index >= 15 is 0 Å². The van der Waals surface area contributed by atoms with Crippen molar-refractivity contribution in [3.05, 3.63) is 182 Å². The SMILES string of the molecule is CC/C=C\C/C=C\C/C=C\C/C=C\C/C=C\C/C=C\C/C=C\C/C=C\C/C=C\C/C=C\C/C=C\CCCCCC(=O)OC(CO)COC(=O)CCCCCCCCCCCC/C=C\C/C=C\C/C=C\C/C=C\CC. The van der Waals surface area contributed by atoms with E-state index in [2.05, 4.69) is 196 Å². The lowest BCUT2D eigenvalue weighted by Crippen LogP contribution is -2.28. The van der Waals surface area contributed by atoms with Crippen molar-refractivity contribution in [1.29, 1.82) is 0 Å². The largest absolute Gasteiger partial charge is 0.462 e. The molecule has 0 aromatic heterocycles. The van der Waals surface area contributed by atoms with Gasteiger partial charge in [0.15, 0.2) is 6.10 Å². The summed E-state index contributed by atoms with van der Waals surface area (Å²) >= 11 is 0. The third-order valence-corrected chi connectivity index (χ3v) is 11.7. The Bertz CT molecular complexity index is 1720. The van der Waals surface area contributed by atoms with E-state index in [-0.39, 0.29) is 25.2 Å². The van der Waals surface area contributed by atoms with Crippen LogP contribution in [0, 0.1) is 0 Å². The van der Waals surface area contributed by atoms with Crippen LogP contribution in [0.5, 0.6) is 0 Å². The lowest BCUT2D eigenvalue weighted by atomic mass is 10.1. The van der Waals surface area contributed by atoms with E-state index in [1.165, 1.54) is 51.4 Å². The molecule has 0 fully saturated rings. The Labute approximate surface area is 455 Å². The predicted molar refractivity (Wildman–Crippen MR) is 324 cm³/mol. The zero-order valence-electron chi connectivity index (χ0n) is 47.0. The van der Waals surface area contributed by atoms with E-state index in [9.17, 15) is 14.7 Å². The molecule has 0 spiro atoms. The third kappa shape index (κ3) is 59.6. The molecule has 1 unspecified atom stereocenters. The lowest BCUT2D eigenvalue weighted by Gasteiger charge is -2.15. The van der Waals surface area contributed by atoms with Gasteiger partial charge in [0.1, 0.15) is 6.61 Å². The fourth-order valence-electron chi connectivity index (χ4n) is 7.37. The minimum absolute atomic E-state index is 0.0941. The van der Waals surface area contributed by atoms with Crippen LogP contribution >= 0.6 is 0 Å². The first-order chi connectivity index (χ1) is 36.6. The van der Waals surface area contributed by atoms with Crippen LogP contribution in [0.4, 0.5) is 0 Å². The molecule has 0 amide bonds. The highest BCUT2D eigenvalue weighted by atomic mass is 16.6. The second-order valence-corrected chi connectivity index (χ2v) is 18.6. The number of esters is 2. The first-order valence-corrected chi connectivity index (χ1v) is 29.3. The zero-order valence-corrected chi connectivity index (χ0v) is 47.0. The Morgan fingerprint density at radius 2 is 0.541 bits per heavy atom. The van der Waals surface area contributed by atoms with Gasteiger partial charge in [-0.25, -0.2) is 0 Å². The number of carbonyl (C=O) groups is 2. The summed E-state index contributed by atoms with van der Waals surface area (Å²) in [5.41, 5.74) is 0. The minimum atomic E-state index is -0.807. The monoisotopic (exact) mass is 1010 g/mol. The molecule has 1 N–H and O–H groups in total. The first-order valence-electron chi connectivity index (χ1n) is 29.3. The topological polar surface area (TPSA) is 72.8 Å². The molecule has 5 nitrogen and oxygen atoms in total. The van der Waals surface area contributed by atoms with E-state index in [0.29, 0.717) is 12.8 Å². The number of carbonyl (C=O) groups excluding carboxylic acids is 2. The molecule has 0 aliphatic rings. The van der Waals surface area contributed by atoms with Gasteiger partial charge in [0.05, 0.1) is 6.61 Å². The van der Waals surface area contributed by atoms with Gasteiger partial charge in [-0.2, -0.15) is 0 Å². The molecule has 0 bridgehead atoms. The van der Waals surface area contributed by atoms with Crippen molar-refractivity contribution in [3.63, 3.8) is 0 Å². The van der Waals surface area contributed by atoms with Crippen molar-refractivity contribution in [2.45, 2.75) is 225 Å². The van der Waals surface area contributed by atoms with Crippen LogP contribution in [-0.4, -0.2) is 36.4 Å². The summed E-state index contributed by atoms with van der Waals surface area (Å²) < 4.78 is 10.7. The smallest absolute Gasteiger partial charge is 0.306 e. The van der Waals surface area contributed by atoms with Gasteiger partial charge in [0, 0.05) is 12.8 Å². The number of ether oxygens (including phenoxy) is 2. The normalized spacial score (nSPS) is 13.6. The Kier molecular flexibility index (Phi) is 58.1. The van der Waals surface area contributed by atoms with Crippen LogP contribution < -0.4 is 0 Å². The molecule has 0 aromatic rings. The molecule has 0 rings (SSSR count). The fraction of sp³-hybridized carbons (Fsp3) is 0.536. The molecule has 0 heterocycles. The van der Waals surface area contributed by atoms with Gasteiger partial charge < -0.3 is 14.6 Å². The van der Waals surface area contributed by atoms with E-state index in [1.807, 2.05) is 0 Å². The standard InChI is InChI=1S/C69H106O5/c1-3-5-7-9-11-13-15-17-19-21-23-25-27-28-29-30-31-32-33-34-35-36-37-38-39-40-42-44-46-48-50-52-54-56-58-60-62-64-69(72)74-67(65-70)66-73-68(71)63-61-59-57-55-53-51-49-47-45-43-41-26-24-22-20-18-16-14-12-10-8-6-4-2/h5-8,11-14,17-20,23-26,28-29,31-32,34-35,37-38,40,42,46,48,52,54,67,70H,3-4,9-10,15-16,21-22,27,30,33,36,39,41,43-45,47,49-51,53,55-66H2,1-2H3/b7-5-,8-6-,13-11-,14-12-,19-17-,20-18-,25-23-,26-24-,29-28-,32-31-,35-34-,38-37-,42-40-,48-46-,54-52-. The zero-order chi connectivity index (χ0) is 53.4. The molecule has 1 atom stereocenters. The highest BCUT2D eigenvalue weighted by molar-refractivity contribution is 5.70. The summed E-state index contributed by atoms with van der Waals surface area (Å²) in [5, 5.41) is 9.66. The Balaban J connectivity index is 3.68. The summed E-state index contributed by atoms with van der Waals surface area (Å²) in [6.07, 6.45) is 98.6. The average molecular weight is 1020 g/mol. The van der Waals surface area contributed by atoms with Gasteiger partial charge in [0.25, 0.3) is 0 Å². The van der Waals surface area contributed by atoms with Crippen LogP contribution in [0.3, 0.4) is 0 Å². The highest BCUT2D eigenvalue weighted by Crippen LogP contribution is 2.13. The first kappa shape index (κ1) is 69.0. The van der Waals surface area contributed by atoms with Gasteiger partial charge in [0.2, 0.25) is 0 Å². The minimum Gasteiger partial charge on any atom is -0.462 e. The van der Waals surface area contributed by atoms with Crippen LogP contribution in [0.1, 0.15) is 219 Å². The molecule has 5 heteroatoms. The van der Waals surface area contributed by atoms with Crippen LogP contribution in [-0.2, 0) is 19.1 Å². The number of aliphatic hydroxyl groups excluding tert-OH is 1. The molecular weight excluding hydrogens is 909 g/mol.